The molecule has 0 heterocycles. The molecular weight excluding hydrogens is 412 g/mol. The zero-order chi connectivity index (χ0) is 24.0. The molecule has 3 aromatic rings. The van der Waals surface area contributed by atoms with Crippen LogP contribution in [0.5, 0.6) is 5.75 Å². The lowest BCUT2D eigenvalue weighted by Gasteiger charge is -2.20. The van der Waals surface area contributed by atoms with Gasteiger partial charge in [0.2, 0.25) is 0 Å². The smallest absolute Gasteiger partial charge is 0.265 e. The van der Waals surface area contributed by atoms with E-state index in [1.165, 1.54) is 5.56 Å². The number of hydrogen-bond acceptors (Lipinski definition) is 3. The molecule has 0 aliphatic carbocycles. The maximum Gasteiger partial charge on any atom is 0.265 e. The fourth-order valence-electron chi connectivity index (χ4n) is 3.42. The van der Waals surface area contributed by atoms with E-state index >= 15 is 0 Å². The first-order valence-corrected chi connectivity index (χ1v) is 11.2. The van der Waals surface area contributed by atoms with Crippen LogP contribution in [0.15, 0.2) is 78.9 Å². The molecule has 0 radical (unpaired) electrons. The van der Waals surface area contributed by atoms with Crippen LogP contribution < -0.4 is 15.4 Å². The maximum atomic E-state index is 12.9. The summed E-state index contributed by atoms with van der Waals surface area (Å²) < 4.78 is 5.83. The SMILES string of the molecule is C[C@H](NC(=O)c1ccccc1NC(=O)[C@@H](C)Oc1ccc(C(C)(C)C)cc1)c1ccccc1. The largest absolute Gasteiger partial charge is 0.481 e. The van der Waals surface area contributed by atoms with Crippen molar-refractivity contribution in [2.75, 3.05) is 5.32 Å². The van der Waals surface area contributed by atoms with Gasteiger partial charge < -0.3 is 15.4 Å². The molecule has 0 aliphatic rings. The summed E-state index contributed by atoms with van der Waals surface area (Å²) in [5.41, 5.74) is 3.08. The second kappa shape index (κ2) is 10.3. The Kier molecular flexibility index (Phi) is 7.54. The first kappa shape index (κ1) is 24.1. The molecule has 172 valence electrons. The molecule has 0 aromatic heterocycles. The van der Waals surface area contributed by atoms with Gasteiger partial charge in [0.1, 0.15) is 5.75 Å². The molecule has 5 heteroatoms. The molecule has 3 rings (SSSR count). The highest BCUT2D eigenvalue weighted by Gasteiger charge is 2.20. The molecule has 2 atom stereocenters. The van der Waals surface area contributed by atoms with Crippen molar-refractivity contribution in [3.05, 3.63) is 95.6 Å². The first-order chi connectivity index (χ1) is 15.6. The topological polar surface area (TPSA) is 67.4 Å². The standard InChI is InChI=1S/C28H32N2O3/c1-19(21-11-7-6-8-12-21)29-27(32)24-13-9-10-14-25(24)30-26(31)20(2)33-23-17-15-22(16-18-23)28(3,4)5/h6-20H,1-5H3,(H,29,32)(H,30,31)/t19-,20+/m0/s1. The number of rotatable bonds is 7. The highest BCUT2D eigenvalue weighted by atomic mass is 16.5. The van der Waals surface area contributed by atoms with Crippen molar-refractivity contribution in [2.24, 2.45) is 0 Å². The van der Waals surface area contributed by atoms with Gasteiger partial charge >= 0.3 is 0 Å². The predicted molar refractivity (Wildman–Crippen MR) is 133 cm³/mol. The van der Waals surface area contributed by atoms with E-state index in [0.29, 0.717) is 17.0 Å². The van der Waals surface area contributed by atoms with E-state index in [2.05, 4.69) is 31.4 Å². The molecule has 5 nitrogen and oxygen atoms in total. The molecule has 0 saturated carbocycles. The van der Waals surface area contributed by atoms with Gasteiger partial charge in [-0.2, -0.15) is 0 Å². The van der Waals surface area contributed by atoms with Gasteiger partial charge in [0, 0.05) is 0 Å². The van der Waals surface area contributed by atoms with E-state index in [0.717, 1.165) is 5.56 Å². The number of nitrogens with one attached hydrogen (secondary N) is 2. The van der Waals surface area contributed by atoms with E-state index in [9.17, 15) is 9.59 Å². The molecule has 2 amide bonds. The number of amides is 2. The second-order valence-electron chi connectivity index (χ2n) is 9.18. The minimum absolute atomic E-state index is 0.0454. The molecule has 0 bridgehead atoms. The zero-order valence-corrected chi connectivity index (χ0v) is 19.9. The van der Waals surface area contributed by atoms with Crippen molar-refractivity contribution >= 4 is 17.5 Å². The number of carbonyl (C=O) groups excluding carboxylic acids is 2. The second-order valence-corrected chi connectivity index (χ2v) is 9.18. The minimum atomic E-state index is -0.732. The van der Waals surface area contributed by atoms with Crippen molar-refractivity contribution in [2.45, 2.75) is 52.2 Å². The van der Waals surface area contributed by atoms with Gasteiger partial charge in [-0.15, -0.1) is 0 Å². The van der Waals surface area contributed by atoms with Crippen LogP contribution in [0.2, 0.25) is 0 Å². The predicted octanol–water partition coefficient (Wildman–Crippen LogP) is 5.88. The van der Waals surface area contributed by atoms with Crippen LogP contribution in [0.3, 0.4) is 0 Å². The van der Waals surface area contributed by atoms with E-state index in [1.54, 1.807) is 31.2 Å². The lowest BCUT2D eigenvalue weighted by molar-refractivity contribution is -0.122. The highest BCUT2D eigenvalue weighted by molar-refractivity contribution is 6.04. The Morgan fingerprint density at radius 3 is 2.06 bits per heavy atom. The van der Waals surface area contributed by atoms with Gasteiger partial charge in [-0.3, -0.25) is 9.59 Å². The summed E-state index contributed by atoms with van der Waals surface area (Å²) in [5.74, 6) is 0.0354. The average Bonchev–Trinajstić information content (AvgIpc) is 2.79. The van der Waals surface area contributed by atoms with E-state index in [4.69, 9.17) is 4.74 Å². The van der Waals surface area contributed by atoms with E-state index in [1.807, 2.05) is 61.5 Å². The van der Waals surface area contributed by atoms with Crippen LogP contribution in [0, 0.1) is 0 Å². The molecule has 33 heavy (non-hydrogen) atoms. The van der Waals surface area contributed by atoms with Gasteiger partial charge in [-0.05, 0) is 54.7 Å². The Morgan fingerprint density at radius 2 is 1.42 bits per heavy atom. The third-order valence-electron chi connectivity index (χ3n) is 5.48. The summed E-state index contributed by atoms with van der Waals surface area (Å²) in [6, 6.07) is 24.3. The van der Waals surface area contributed by atoms with Crippen LogP contribution in [-0.4, -0.2) is 17.9 Å². The van der Waals surface area contributed by atoms with Crippen molar-refractivity contribution in [3.8, 4) is 5.75 Å². The number of hydrogen-bond donors (Lipinski definition) is 2. The minimum Gasteiger partial charge on any atom is -0.481 e. The van der Waals surface area contributed by atoms with Crippen molar-refractivity contribution < 1.29 is 14.3 Å². The molecule has 0 unspecified atom stereocenters. The average molecular weight is 445 g/mol. The normalized spacial score (nSPS) is 13.0. The summed E-state index contributed by atoms with van der Waals surface area (Å²) >= 11 is 0. The Morgan fingerprint density at radius 1 is 0.818 bits per heavy atom. The molecule has 0 saturated heterocycles. The van der Waals surface area contributed by atoms with Gasteiger partial charge in [-0.1, -0.05) is 75.4 Å². The third-order valence-corrected chi connectivity index (χ3v) is 5.48. The van der Waals surface area contributed by atoms with Gasteiger partial charge in [0.25, 0.3) is 11.8 Å². The highest BCUT2D eigenvalue weighted by Crippen LogP contribution is 2.25. The van der Waals surface area contributed by atoms with Crippen molar-refractivity contribution in [1.29, 1.82) is 0 Å². The van der Waals surface area contributed by atoms with E-state index < -0.39 is 6.10 Å². The number of carbonyl (C=O) groups is 2. The molecular formula is C28H32N2O3. The van der Waals surface area contributed by atoms with Crippen LogP contribution in [-0.2, 0) is 10.2 Å². The van der Waals surface area contributed by atoms with Crippen LogP contribution >= 0.6 is 0 Å². The Labute approximate surface area is 196 Å². The summed E-state index contributed by atoms with van der Waals surface area (Å²) in [7, 11) is 0. The lowest BCUT2D eigenvalue weighted by Crippen LogP contribution is -2.32. The monoisotopic (exact) mass is 444 g/mol. The Bertz CT molecular complexity index is 1090. The van der Waals surface area contributed by atoms with Crippen LogP contribution in [0.1, 0.15) is 62.1 Å². The van der Waals surface area contributed by atoms with Crippen LogP contribution in [0.25, 0.3) is 0 Å². The summed E-state index contributed by atoms with van der Waals surface area (Å²) in [5, 5.41) is 5.83. The molecule has 0 fully saturated rings. The molecule has 2 N–H and O–H groups in total. The number of ether oxygens (including phenoxy) is 1. The maximum absolute atomic E-state index is 12.9. The fourth-order valence-corrected chi connectivity index (χ4v) is 3.42. The van der Waals surface area contributed by atoms with Crippen LogP contribution in [0.4, 0.5) is 5.69 Å². The fraction of sp³-hybridized carbons (Fsp3) is 0.286. The summed E-state index contributed by atoms with van der Waals surface area (Å²) in [6.45, 7) is 10.1. The van der Waals surface area contributed by atoms with Gasteiger partial charge in [0.15, 0.2) is 6.10 Å². The lowest BCUT2D eigenvalue weighted by atomic mass is 9.87. The third kappa shape index (κ3) is 6.45. The molecule has 0 spiro atoms. The summed E-state index contributed by atoms with van der Waals surface area (Å²) in [4.78, 5) is 25.7. The zero-order valence-electron chi connectivity index (χ0n) is 19.9. The first-order valence-electron chi connectivity index (χ1n) is 11.2. The van der Waals surface area contributed by atoms with Crippen molar-refractivity contribution in [3.63, 3.8) is 0 Å². The number of anilines is 1. The molecule has 0 aliphatic heterocycles. The number of para-hydroxylation sites is 1. The van der Waals surface area contributed by atoms with E-state index in [-0.39, 0.29) is 23.3 Å². The Balaban J connectivity index is 1.65. The molecule has 3 aromatic carbocycles. The Hall–Kier alpha value is -3.60. The van der Waals surface area contributed by atoms with Gasteiger partial charge in [-0.25, -0.2) is 0 Å². The van der Waals surface area contributed by atoms with Crippen molar-refractivity contribution in [1.82, 2.24) is 5.32 Å². The van der Waals surface area contributed by atoms with Gasteiger partial charge in [0.05, 0.1) is 17.3 Å². The summed E-state index contributed by atoms with van der Waals surface area (Å²) in [6.07, 6.45) is -0.732. The number of benzene rings is 3. The quantitative estimate of drug-likeness (QED) is 0.478.